The zero-order valence-corrected chi connectivity index (χ0v) is 15.8. The SMILES string of the molecule is CC12C(=O)CCCC1(Sc1ccccc1)Oc1c(I)cccc12. The molecule has 2 unspecified atom stereocenters. The molecule has 1 saturated carbocycles. The van der Waals surface area contributed by atoms with E-state index in [1.807, 2.05) is 30.3 Å². The van der Waals surface area contributed by atoms with Crippen molar-refractivity contribution in [1.29, 1.82) is 0 Å². The molecule has 1 heterocycles. The number of rotatable bonds is 2. The molecule has 2 nitrogen and oxygen atoms in total. The van der Waals surface area contributed by atoms with Gasteiger partial charge in [-0.2, -0.15) is 0 Å². The molecule has 118 valence electrons. The average molecular weight is 436 g/mol. The molecule has 2 aliphatic rings. The molecule has 0 aromatic heterocycles. The summed E-state index contributed by atoms with van der Waals surface area (Å²) in [7, 11) is 0. The van der Waals surface area contributed by atoms with Gasteiger partial charge in [-0.3, -0.25) is 4.79 Å². The molecule has 0 N–H and O–H groups in total. The van der Waals surface area contributed by atoms with E-state index in [2.05, 4.69) is 47.7 Å². The van der Waals surface area contributed by atoms with Gasteiger partial charge in [0.1, 0.15) is 16.9 Å². The van der Waals surface area contributed by atoms with E-state index in [0.717, 1.165) is 32.6 Å². The van der Waals surface area contributed by atoms with Gasteiger partial charge in [-0.25, -0.2) is 0 Å². The molecule has 0 radical (unpaired) electrons. The van der Waals surface area contributed by atoms with Crippen LogP contribution >= 0.6 is 34.4 Å². The second-order valence-corrected chi connectivity index (χ2v) is 8.79. The van der Waals surface area contributed by atoms with Crippen LogP contribution in [0.25, 0.3) is 0 Å². The first-order chi connectivity index (χ1) is 11.1. The predicted octanol–water partition coefficient (Wildman–Crippen LogP) is 5.18. The van der Waals surface area contributed by atoms with Gasteiger partial charge in [0.25, 0.3) is 0 Å². The number of carbonyl (C=O) groups is 1. The Bertz CT molecular complexity index is 776. The third kappa shape index (κ3) is 2.18. The molecule has 4 rings (SSSR count). The summed E-state index contributed by atoms with van der Waals surface area (Å²) in [5.74, 6) is 1.20. The molecule has 2 aromatic rings. The first kappa shape index (κ1) is 15.5. The number of benzene rings is 2. The third-order valence-electron chi connectivity index (χ3n) is 5.03. The van der Waals surface area contributed by atoms with Crippen molar-refractivity contribution < 1.29 is 9.53 Å². The maximum atomic E-state index is 13.0. The number of halogens is 1. The Labute approximate surface area is 154 Å². The Kier molecular flexibility index (Phi) is 3.72. The minimum absolute atomic E-state index is 0.299. The largest absolute Gasteiger partial charge is 0.473 e. The van der Waals surface area contributed by atoms with E-state index >= 15 is 0 Å². The van der Waals surface area contributed by atoms with E-state index in [1.54, 1.807) is 11.8 Å². The number of carbonyl (C=O) groups excluding carboxylic acids is 1. The van der Waals surface area contributed by atoms with Crippen molar-refractivity contribution in [2.45, 2.75) is 41.4 Å². The highest BCUT2D eigenvalue weighted by Gasteiger charge is 2.63. The lowest BCUT2D eigenvalue weighted by Crippen LogP contribution is -2.54. The van der Waals surface area contributed by atoms with Crippen LogP contribution in [0.5, 0.6) is 5.75 Å². The van der Waals surface area contributed by atoms with Gasteiger partial charge < -0.3 is 4.74 Å². The summed E-state index contributed by atoms with van der Waals surface area (Å²) in [4.78, 5) is 13.6. The highest BCUT2D eigenvalue weighted by atomic mass is 127. The molecule has 0 bridgehead atoms. The lowest BCUT2D eigenvalue weighted by Gasteiger charge is -2.44. The van der Waals surface area contributed by atoms with Crippen LogP contribution in [-0.4, -0.2) is 10.7 Å². The molecule has 23 heavy (non-hydrogen) atoms. The van der Waals surface area contributed by atoms with Crippen molar-refractivity contribution >= 4 is 40.1 Å². The number of fused-ring (bicyclic) bond motifs is 3. The quantitative estimate of drug-likeness (QED) is 0.607. The van der Waals surface area contributed by atoms with Crippen molar-refractivity contribution in [2.75, 3.05) is 0 Å². The van der Waals surface area contributed by atoms with Crippen molar-refractivity contribution in [3.8, 4) is 5.75 Å². The van der Waals surface area contributed by atoms with E-state index in [1.165, 1.54) is 0 Å². The van der Waals surface area contributed by atoms with E-state index in [0.29, 0.717) is 12.2 Å². The highest BCUT2D eigenvalue weighted by molar-refractivity contribution is 14.1. The molecule has 0 amide bonds. The van der Waals surface area contributed by atoms with Crippen LogP contribution in [-0.2, 0) is 10.2 Å². The number of ketones is 1. The Morgan fingerprint density at radius 2 is 1.91 bits per heavy atom. The topological polar surface area (TPSA) is 26.3 Å². The highest BCUT2D eigenvalue weighted by Crippen LogP contribution is 2.61. The summed E-state index contributed by atoms with van der Waals surface area (Å²) in [6.07, 6.45) is 2.42. The van der Waals surface area contributed by atoms with Crippen molar-refractivity contribution in [3.63, 3.8) is 0 Å². The lowest BCUT2D eigenvalue weighted by molar-refractivity contribution is -0.130. The second-order valence-electron chi connectivity index (χ2n) is 6.29. The van der Waals surface area contributed by atoms with Crippen LogP contribution in [0.4, 0.5) is 0 Å². The number of ether oxygens (including phenoxy) is 1. The normalized spacial score (nSPS) is 28.9. The zero-order valence-electron chi connectivity index (χ0n) is 12.8. The fourth-order valence-corrected chi connectivity index (χ4v) is 5.81. The first-order valence-electron chi connectivity index (χ1n) is 7.82. The number of hydrogen-bond donors (Lipinski definition) is 0. The standard InChI is InChI=1S/C19H17IO2S/c1-18-14-9-5-10-15(20)17(14)22-19(18,12-6-11-16(18)21)23-13-7-3-2-4-8-13/h2-5,7-10H,6,11-12H2,1H3. The summed E-state index contributed by atoms with van der Waals surface area (Å²) >= 11 is 4.01. The van der Waals surface area contributed by atoms with Crippen LogP contribution in [0.1, 0.15) is 31.7 Å². The van der Waals surface area contributed by atoms with Crippen LogP contribution in [0.3, 0.4) is 0 Å². The zero-order chi connectivity index (χ0) is 16.1. The maximum absolute atomic E-state index is 13.0. The monoisotopic (exact) mass is 436 g/mol. The van der Waals surface area contributed by atoms with Gasteiger partial charge in [-0.05, 0) is 60.6 Å². The van der Waals surface area contributed by atoms with E-state index < -0.39 is 10.3 Å². The number of para-hydroxylation sites is 1. The minimum atomic E-state index is -0.581. The number of thioether (sulfide) groups is 1. The lowest BCUT2D eigenvalue weighted by atomic mass is 9.68. The van der Waals surface area contributed by atoms with Gasteiger partial charge >= 0.3 is 0 Å². The maximum Gasteiger partial charge on any atom is 0.175 e. The Morgan fingerprint density at radius 1 is 1.13 bits per heavy atom. The average Bonchev–Trinajstić information content (AvgIpc) is 2.81. The summed E-state index contributed by atoms with van der Waals surface area (Å²) in [5.41, 5.74) is 0.472. The molecule has 4 heteroatoms. The first-order valence-corrected chi connectivity index (χ1v) is 9.72. The summed E-state index contributed by atoms with van der Waals surface area (Å²) in [6.45, 7) is 2.08. The van der Waals surface area contributed by atoms with Gasteiger partial charge in [0.2, 0.25) is 0 Å². The van der Waals surface area contributed by atoms with Crippen LogP contribution in [0.2, 0.25) is 0 Å². The van der Waals surface area contributed by atoms with E-state index in [-0.39, 0.29) is 0 Å². The van der Waals surface area contributed by atoms with Crippen LogP contribution in [0, 0.1) is 3.57 Å². The van der Waals surface area contributed by atoms with Crippen molar-refractivity contribution in [2.24, 2.45) is 0 Å². The summed E-state index contributed by atoms with van der Waals surface area (Å²) in [6, 6.07) is 16.4. The molecule has 1 aliphatic heterocycles. The van der Waals surface area contributed by atoms with Gasteiger partial charge in [0.05, 0.1) is 3.57 Å². The van der Waals surface area contributed by atoms with Gasteiger partial charge in [-0.1, -0.05) is 42.1 Å². The van der Waals surface area contributed by atoms with Gasteiger partial charge in [0.15, 0.2) is 4.93 Å². The van der Waals surface area contributed by atoms with E-state index in [4.69, 9.17) is 4.74 Å². The molecule has 1 fully saturated rings. The Morgan fingerprint density at radius 3 is 2.70 bits per heavy atom. The van der Waals surface area contributed by atoms with Crippen molar-refractivity contribution in [1.82, 2.24) is 0 Å². The Balaban J connectivity index is 1.88. The molecular formula is C19H17IO2S. The fraction of sp³-hybridized carbons (Fsp3) is 0.316. The molecule has 2 atom stereocenters. The summed E-state index contributed by atoms with van der Waals surface area (Å²) < 4.78 is 7.62. The smallest absolute Gasteiger partial charge is 0.175 e. The Hall–Kier alpha value is -1.01. The van der Waals surface area contributed by atoms with Crippen molar-refractivity contribution in [3.05, 3.63) is 57.7 Å². The van der Waals surface area contributed by atoms with Crippen LogP contribution < -0.4 is 4.74 Å². The minimum Gasteiger partial charge on any atom is -0.473 e. The number of hydrogen-bond acceptors (Lipinski definition) is 3. The van der Waals surface area contributed by atoms with Gasteiger partial charge in [-0.15, -0.1) is 0 Å². The van der Waals surface area contributed by atoms with Gasteiger partial charge in [0, 0.05) is 16.9 Å². The van der Waals surface area contributed by atoms with Crippen LogP contribution in [0.15, 0.2) is 53.4 Å². The molecule has 1 aliphatic carbocycles. The summed E-state index contributed by atoms with van der Waals surface area (Å²) in [5, 5.41) is 0. The molecular weight excluding hydrogens is 419 g/mol. The molecule has 0 saturated heterocycles. The molecule has 0 spiro atoms. The molecule has 2 aromatic carbocycles. The predicted molar refractivity (Wildman–Crippen MR) is 101 cm³/mol. The third-order valence-corrected chi connectivity index (χ3v) is 7.41. The number of Topliss-reactive ketones (excluding diaryl/α,β-unsaturated/α-hetero) is 1. The van der Waals surface area contributed by atoms with E-state index in [9.17, 15) is 4.79 Å². The second kappa shape index (κ2) is 5.52. The fourth-order valence-electron chi connectivity index (χ4n) is 3.73.